The standard InChI is InChI=1S/C30H34F3N3O7/c1-35(2)22-16-9-12-8-15-19(23(38)18(12)25(40)29(16,43)26(41)20(24(22)39)27(34)42)17(37)10-13(21(15)30(31,32)33)11-36(3)28(6-7-28)14-4-5-14/h10,12,14,16,22,37,39-40,43H,4-9,11H2,1-3H3,(H2,34,42)/t12-,16-,22-,29-/m0/s1. The van der Waals surface area contributed by atoms with E-state index >= 15 is 0 Å². The molecule has 0 aromatic heterocycles. The number of hydrogen-bond donors (Lipinski definition) is 5. The van der Waals surface area contributed by atoms with Gasteiger partial charge in [-0.2, -0.15) is 13.2 Å². The first kappa shape index (κ1) is 29.6. The number of primary amides is 1. The summed E-state index contributed by atoms with van der Waals surface area (Å²) in [5, 5.41) is 44.9. The van der Waals surface area contributed by atoms with Gasteiger partial charge in [0.15, 0.2) is 11.4 Å². The molecule has 1 aromatic carbocycles. The van der Waals surface area contributed by atoms with Crippen LogP contribution in [0.15, 0.2) is 28.7 Å². The summed E-state index contributed by atoms with van der Waals surface area (Å²) in [4.78, 5) is 42.6. The van der Waals surface area contributed by atoms with Crippen molar-refractivity contribution in [3.63, 3.8) is 0 Å². The Morgan fingerprint density at radius 2 is 1.74 bits per heavy atom. The van der Waals surface area contributed by atoms with Gasteiger partial charge in [0.05, 0.1) is 17.2 Å². The molecular weight excluding hydrogens is 571 g/mol. The number of hydrogen-bond acceptors (Lipinski definition) is 9. The van der Waals surface area contributed by atoms with Crippen LogP contribution in [0.1, 0.15) is 59.2 Å². The summed E-state index contributed by atoms with van der Waals surface area (Å²) in [7, 11) is 4.73. The van der Waals surface area contributed by atoms with Crippen molar-refractivity contribution < 1.29 is 48.0 Å². The van der Waals surface area contributed by atoms with E-state index in [0.29, 0.717) is 5.92 Å². The van der Waals surface area contributed by atoms with Crippen molar-refractivity contribution in [1.82, 2.24) is 9.80 Å². The molecule has 2 saturated carbocycles. The zero-order chi connectivity index (χ0) is 31.5. The lowest BCUT2D eigenvalue weighted by molar-refractivity contribution is -0.148. The molecule has 232 valence electrons. The van der Waals surface area contributed by atoms with Crippen LogP contribution in [0, 0.1) is 17.8 Å². The Labute approximate surface area is 245 Å². The van der Waals surface area contributed by atoms with Crippen LogP contribution in [0.4, 0.5) is 13.2 Å². The maximum atomic E-state index is 14.8. The molecule has 1 amide bonds. The minimum absolute atomic E-state index is 0.0901. The number of likely N-dealkylation sites (N-methyl/N-ethyl adjacent to an activating group) is 1. The van der Waals surface area contributed by atoms with Gasteiger partial charge < -0.3 is 26.2 Å². The molecule has 6 rings (SSSR count). The second-order valence-electron chi connectivity index (χ2n) is 13.0. The highest BCUT2D eigenvalue weighted by Gasteiger charge is 2.63. The fourth-order valence-corrected chi connectivity index (χ4v) is 8.13. The number of nitrogens with zero attached hydrogens (tertiary/aromatic N) is 2. The van der Waals surface area contributed by atoms with Gasteiger partial charge in [0, 0.05) is 23.6 Å². The molecule has 6 N–H and O–H groups in total. The Hall–Kier alpha value is -3.42. The summed E-state index contributed by atoms with van der Waals surface area (Å²) in [5.41, 5.74) is -1.41. The highest BCUT2D eigenvalue weighted by atomic mass is 19.4. The molecule has 13 heteroatoms. The topological polar surface area (TPSA) is 165 Å². The number of benzene rings is 1. The van der Waals surface area contributed by atoms with Gasteiger partial charge in [-0.3, -0.25) is 24.2 Å². The van der Waals surface area contributed by atoms with Gasteiger partial charge >= 0.3 is 6.18 Å². The Morgan fingerprint density at radius 1 is 1.12 bits per heavy atom. The van der Waals surface area contributed by atoms with E-state index in [2.05, 4.69) is 0 Å². The van der Waals surface area contributed by atoms with Crippen LogP contribution in [0.25, 0.3) is 0 Å². The second kappa shape index (κ2) is 9.29. The maximum absolute atomic E-state index is 14.8. The van der Waals surface area contributed by atoms with Crippen molar-refractivity contribution in [2.45, 2.75) is 68.4 Å². The number of allylic oxidation sites excluding steroid dienone is 1. The number of nitrogens with two attached hydrogens (primary N) is 1. The van der Waals surface area contributed by atoms with E-state index in [0.717, 1.165) is 31.7 Å². The number of amides is 1. The van der Waals surface area contributed by atoms with Crippen molar-refractivity contribution in [3.8, 4) is 5.75 Å². The number of fused-ring (bicyclic) bond motifs is 3. The van der Waals surface area contributed by atoms with Crippen LogP contribution in [0.2, 0.25) is 0 Å². The van der Waals surface area contributed by atoms with Gasteiger partial charge in [0.25, 0.3) is 5.91 Å². The van der Waals surface area contributed by atoms with Crippen molar-refractivity contribution in [1.29, 1.82) is 0 Å². The number of phenolic OH excluding ortho intramolecular Hbond substituents is 1. The minimum atomic E-state index is -4.88. The number of rotatable bonds is 6. The fraction of sp³-hybridized carbons (Fsp3) is 0.567. The van der Waals surface area contributed by atoms with E-state index < -0.39 is 98.7 Å². The fourth-order valence-electron chi connectivity index (χ4n) is 8.13. The number of ketones is 2. The third-order valence-corrected chi connectivity index (χ3v) is 10.4. The number of alkyl halides is 3. The zero-order valence-electron chi connectivity index (χ0n) is 24.0. The van der Waals surface area contributed by atoms with Crippen LogP contribution in [-0.2, 0) is 28.7 Å². The lowest BCUT2D eigenvalue weighted by Crippen LogP contribution is -2.63. The summed E-state index contributed by atoms with van der Waals surface area (Å²) in [6.45, 7) is -0.0901. The number of aliphatic hydroxyl groups excluding tert-OH is 2. The number of halogens is 3. The highest BCUT2D eigenvalue weighted by molar-refractivity contribution is 6.24. The molecule has 1 aromatic rings. The summed E-state index contributed by atoms with van der Waals surface area (Å²) >= 11 is 0. The molecule has 5 aliphatic rings. The largest absolute Gasteiger partial charge is 0.510 e. The number of Topliss-reactive ketones (excluding diaryl/α,β-unsaturated/α-hetero) is 2. The quantitative estimate of drug-likeness (QED) is 0.307. The maximum Gasteiger partial charge on any atom is 0.417 e. The van der Waals surface area contributed by atoms with Gasteiger partial charge in [-0.05, 0) is 88.7 Å². The summed E-state index contributed by atoms with van der Waals surface area (Å²) in [5.74, 6) is -8.48. The smallest absolute Gasteiger partial charge is 0.417 e. The molecule has 5 aliphatic carbocycles. The Bertz CT molecular complexity index is 1540. The average Bonchev–Trinajstić information content (AvgIpc) is 3.77. The SMILES string of the molecule is CN(C)[C@@H]1C(O)=C(C(N)=O)C(=O)[C@@]2(O)C(O)=C3C(=O)c4c(O)cc(CN(C)C5(C6CC6)CC5)c(C(F)(F)F)c4C[C@H]3C[C@@H]12. The molecule has 0 unspecified atom stereocenters. The van der Waals surface area contributed by atoms with Gasteiger partial charge in [-0.15, -0.1) is 0 Å². The number of carbonyl (C=O) groups is 3. The second-order valence-corrected chi connectivity index (χ2v) is 13.0. The van der Waals surface area contributed by atoms with Crippen LogP contribution in [0.3, 0.4) is 0 Å². The molecule has 0 aliphatic heterocycles. The van der Waals surface area contributed by atoms with Gasteiger partial charge in [0.1, 0.15) is 22.8 Å². The summed E-state index contributed by atoms with van der Waals surface area (Å²) in [6.07, 6.45) is -1.79. The third kappa shape index (κ3) is 4.07. The predicted molar refractivity (Wildman–Crippen MR) is 145 cm³/mol. The van der Waals surface area contributed by atoms with Gasteiger partial charge in [-0.25, -0.2) is 0 Å². The normalized spacial score (nSPS) is 30.0. The number of aliphatic hydroxyl groups is 3. The van der Waals surface area contributed by atoms with Crippen LogP contribution in [-0.4, -0.2) is 86.0 Å². The molecule has 0 spiro atoms. The highest BCUT2D eigenvalue weighted by Crippen LogP contribution is 2.58. The van der Waals surface area contributed by atoms with Crippen molar-refractivity contribution in [2.24, 2.45) is 23.5 Å². The Morgan fingerprint density at radius 3 is 2.26 bits per heavy atom. The van der Waals surface area contributed by atoms with Crippen molar-refractivity contribution >= 4 is 17.5 Å². The molecule has 0 saturated heterocycles. The molecule has 2 fully saturated rings. The van der Waals surface area contributed by atoms with E-state index in [9.17, 15) is 48.0 Å². The minimum Gasteiger partial charge on any atom is -0.510 e. The zero-order valence-corrected chi connectivity index (χ0v) is 24.0. The van der Waals surface area contributed by atoms with E-state index in [4.69, 9.17) is 5.73 Å². The number of phenols is 1. The van der Waals surface area contributed by atoms with Crippen LogP contribution in [0.5, 0.6) is 5.75 Å². The Kier molecular flexibility index (Phi) is 6.40. The first-order valence-electron chi connectivity index (χ1n) is 14.3. The van der Waals surface area contributed by atoms with Gasteiger partial charge in [-0.1, -0.05) is 0 Å². The summed E-state index contributed by atoms with van der Waals surface area (Å²) in [6, 6.07) is -0.296. The van der Waals surface area contributed by atoms with E-state index in [1.807, 2.05) is 4.90 Å². The predicted octanol–water partition coefficient (Wildman–Crippen LogP) is 2.51. The number of carbonyl (C=O) groups excluding carboxylic acids is 3. The van der Waals surface area contributed by atoms with Crippen molar-refractivity contribution in [2.75, 3.05) is 21.1 Å². The van der Waals surface area contributed by atoms with Crippen LogP contribution < -0.4 is 5.73 Å². The molecule has 0 heterocycles. The lowest BCUT2D eigenvalue weighted by atomic mass is 9.58. The van der Waals surface area contributed by atoms with E-state index in [-0.39, 0.29) is 24.1 Å². The van der Waals surface area contributed by atoms with E-state index in [1.54, 1.807) is 7.05 Å². The average molecular weight is 606 g/mol. The summed E-state index contributed by atoms with van der Waals surface area (Å²) < 4.78 is 44.4. The molecular formula is C30H34F3N3O7. The third-order valence-electron chi connectivity index (χ3n) is 10.4. The van der Waals surface area contributed by atoms with Crippen molar-refractivity contribution in [3.05, 3.63) is 51.0 Å². The van der Waals surface area contributed by atoms with Crippen LogP contribution >= 0.6 is 0 Å². The first-order chi connectivity index (χ1) is 20.0. The molecule has 0 radical (unpaired) electrons. The first-order valence-corrected chi connectivity index (χ1v) is 14.3. The van der Waals surface area contributed by atoms with Gasteiger partial charge in [0.2, 0.25) is 5.78 Å². The Balaban J connectivity index is 1.49. The molecule has 10 nitrogen and oxygen atoms in total. The monoisotopic (exact) mass is 605 g/mol. The lowest BCUT2D eigenvalue weighted by Gasteiger charge is -2.50. The molecule has 4 atom stereocenters. The van der Waals surface area contributed by atoms with E-state index in [1.165, 1.54) is 19.0 Å². The molecule has 43 heavy (non-hydrogen) atoms. The number of aromatic hydroxyl groups is 1. The molecule has 0 bridgehead atoms.